The van der Waals surface area contributed by atoms with Crippen molar-refractivity contribution in [1.29, 1.82) is 0 Å². The molecule has 0 bridgehead atoms. The largest absolute Gasteiger partial charge is 0.465 e. The molecule has 2 aliphatic carbocycles. The summed E-state index contributed by atoms with van der Waals surface area (Å²) in [5.74, 6) is -0.191. The molecule has 0 aromatic heterocycles. The smallest absolute Gasteiger partial charge is 0.342 e. The molecule has 0 spiro atoms. The van der Waals surface area contributed by atoms with E-state index in [1.165, 1.54) is 18.8 Å². The van der Waals surface area contributed by atoms with E-state index in [0.717, 1.165) is 25.7 Å². The van der Waals surface area contributed by atoms with Crippen molar-refractivity contribution in [2.75, 3.05) is 6.61 Å². The van der Waals surface area contributed by atoms with Crippen LogP contribution >= 0.6 is 0 Å². The van der Waals surface area contributed by atoms with Gasteiger partial charge in [0.2, 0.25) is 0 Å². The molecule has 3 aliphatic rings. The number of rotatable bonds is 4. The normalized spacial score (nSPS) is 40.0. The monoisotopic (exact) mass is 374 g/mol. The van der Waals surface area contributed by atoms with Gasteiger partial charge in [-0.25, -0.2) is 4.79 Å². The molecular weight excluding hydrogens is 344 g/mol. The van der Waals surface area contributed by atoms with Crippen LogP contribution in [0.3, 0.4) is 0 Å². The minimum atomic E-state index is -0.493. The Morgan fingerprint density at radius 2 is 2.19 bits per heavy atom. The molecule has 5 nitrogen and oxygen atoms in total. The molecule has 1 unspecified atom stereocenters. The van der Waals surface area contributed by atoms with Crippen molar-refractivity contribution < 1.29 is 24.2 Å². The summed E-state index contributed by atoms with van der Waals surface area (Å²) in [6, 6.07) is 0. The van der Waals surface area contributed by atoms with Gasteiger partial charge in [0.05, 0.1) is 24.5 Å². The van der Waals surface area contributed by atoms with E-state index in [-0.39, 0.29) is 35.8 Å². The van der Waals surface area contributed by atoms with E-state index in [2.05, 4.69) is 13.5 Å². The lowest BCUT2D eigenvalue weighted by Gasteiger charge is -2.60. The van der Waals surface area contributed by atoms with Crippen molar-refractivity contribution >= 4 is 11.9 Å². The maximum Gasteiger partial charge on any atom is 0.342 e. The molecule has 148 valence electrons. The van der Waals surface area contributed by atoms with Crippen LogP contribution in [0.4, 0.5) is 0 Å². The Morgan fingerprint density at radius 3 is 2.81 bits per heavy atom. The number of allylic oxidation sites excluding steroid dienone is 2. The van der Waals surface area contributed by atoms with E-state index in [1.807, 2.05) is 13.0 Å². The zero-order valence-electron chi connectivity index (χ0n) is 16.5. The van der Waals surface area contributed by atoms with Crippen molar-refractivity contribution in [3.8, 4) is 0 Å². The number of carbonyl (C=O) groups excluding carboxylic acids is 2. The first kappa shape index (κ1) is 19.9. The summed E-state index contributed by atoms with van der Waals surface area (Å²) < 4.78 is 10.2. The molecule has 0 aromatic carbocycles. The highest BCUT2D eigenvalue weighted by molar-refractivity contribution is 5.94. The molecule has 2 fully saturated rings. The summed E-state index contributed by atoms with van der Waals surface area (Å²) in [5, 5.41) is 10.8. The van der Waals surface area contributed by atoms with Crippen LogP contribution < -0.4 is 0 Å². The van der Waals surface area contributed by atoms with Crippen LogP contribution in [0.2, 0.25) is 0 Å². The fourth-order valence-corrected chi connectivity index (χ4v) is 5.58. The fourth-order valence-electron chi connectivity index (χ4n) is 5.58. The molecule has 5 atom stereocenters. The summed E-state index contributed by atoms with van der Waals surface area (Å²) in [5.41, 5.74) is 1.25. The number of fused-ring (bicyclic) bond motifs is 1. The lowest BCUT2D eigenvalue weighted by molar-refractivity contribution is -0.172. The summed E-state index contributed by atoms with van der Waals surface area (Å²) in [7, 11) is 0. The van der Waals surface area contributed by atoms with Crippen LogP contribution in [-0.2, 0) is 19.1 Å². The topological polar surface area (TPSA) is 72.8 Å². The van der Waals surface area contributed by atoms with Gasteiger partial charge in [0.25, 0.3) is 0 Å². The van der Waals surface area contributed by atoms with Gasteiger partial charge in [-0.1, -0.05) is 32.1 Å². The van der Waals surface area contributed by atoms with Crippen molar-refractivity contribution in [2.24, 2.45) is 22.7 Å². The molecule has 27 heavy (non-hydrogen) atoms. The number of aliphatic hydroxyl groups excluding tert-OH is 1. The first-order chi connectivity index (χ1) is 12.7. The summed E-state index contributed by atoms with van der Waals surface area (Å²) in [6.45, 7) is 10.3. The Labute approximate surface area is 161 Å². The Bertz CT molecular complexity index is 705. The predicted molar refractivity (Wildman–Crippen MR) is 101 cm³/mol. The highest BCUT2D eigenvalue weighted by atomic mass is 16.5. The number of carbonyl (C=O) groups is 2. The maximum atomic E-state index is 11.7. The van der Waals surface area contributed by atoms with Gasteiger partial charge in [-0.05, 0) is 55.4 Å². The van der Waals surface area contributed by atoms with Crippen LogP contribution in [0, 0.1) is 22.7 Å². The second kappa shape index (κ2) is 7.27. The number of cyclic esters (lactones) is 1. The number of ether oxygens (including phenoxy) is 2. The quantitative estimate of drug-likeness (QED) is 0.462. The van der Waals surface area contributed by atoms with Gasteiger partial charge in [-0.3, -0.25) is 4.79 Å². The standard InChI is InChI=1S/C22H30O5/c1-14-5-8-18-21(3,17(14)7-6-16-10-12-26-20(16)25)11-9-19(24)22(18,4)13-27-15(2)23/h6,10,12,17-19,24H,1,5,7-9,11,13H2,2-4H3/b16-6+/t17-,18?,19-,21+,22+/m1/s1. The van der Waals surface area contributed by atoms with E-state index >= 15 is 0 Å². The SMILES string of the molecule is C=C1CCC2[C@](C)(COC(C)=O)[C@H](O)CC[C@@]2(C)[C@@H]1C/C=C1\C=COC1=O. The minimum absolute atomic E-state index is 0.0628. The Morgan fingerprint density at radius 1 is 1.44 bits per heavy atom. The molecule has 1 N–H and O–H groups in total. The molecule has 0 amide bonds. The zero-order valence-corrected chi connectivity index (χ0v) is 16.5. The molecule has 0 radical (unpaired) electrons. The van der Waals surface area contributed by atoms with Crippen LogP contribution in [0.5, 0.6) is 0 Å². The number of hydrogen-bond acceptors (Lipinski definition) is 5. The van der Waals surface area contributed by atoms with Gasteiger partial charge in [0.1, 0.15) is 0 Å². The van der Waals surface area contributed by atoms with E-state index in [9.17, 15) is 14.7 Å². The summed E-state index contributed by atoms with van der Waals surface area (Å²) in [4.78, 5) is 23.1. The maximum absolute atomic E-state index is 11.7. The molecule has 0 saturated heterocycles. The summed E-state index contributed by atoms with van der Waals surface area (Å²) >= 11 is 0. The van der Waals surface area contributed by atoms with Gasteiger partial charge in [0.15, 0.2) is 0 Å². The highest BCUT2D eigenvalue weighted by Crippen LogP contribution is 2.61. The fraction of sp³-hybridized carbons (Fsp3) is 0.636. The van der Waals surface area contributed by atoms with Crippen molar-refractivity contribution in [3.05, 3.63) is 36.1 Å². The molecule has 1 heterocycles. The van der Waals surface area contributed by atoms with Gasteiger partial charge in [-0.2, -0.15) is 0 Å². The van der Waals surface area contributed by atoms with E-state index in [0.29, 0.717) is 12.0 Å². The van der Waals surface area contributed by atoms with E-state index < -0.39 is 11.5 Å². The van der Waals surface area contributed by atoms with E-state index in [1.54, 1.807) is 6.08 Å². The van der Waals surface area contributed by atoms with Crippen LogP contribution in [0.25, 0.3) is 0 Å². The Hall–Kier alpha value is -1.88. The second-order valence-electron chi connectivity index (χ2n) is 8.75. The van der Waals surface area contributed by atoms with Crippen molar-refractivity contribution in [1.82, 2.24) is 0 Å². The van der Waals surface area contributed by atoms with Crippen LogP contribution in [-0.4, -0.2) is 29.8 Å². The average molecular weight is 374 g/mol. The third kappa shape index (κ3) is 3.49. The number of esters is 2. The number of hydrogen-bond donors (Lipinski definition) is 1. The lowest BCUT2D eigenvalue weighted by Crippen LogP contribution is -2.57. The molecule has 1 aliphatic heterocycles. The first-order valence-corrected chi connectivity index (χ1v) is 9.75. The van der Waals surface area contributed by atoms with Crippen molar-refractivity contribution in [2.45, 2.75) is 59.0 Å². The van der Waals surface area contributed by atoms with Gasteiger partial charge < -0.3 is 14.6 Å². The molecule has 5 heteroatoms. The summed E-state index contributed by atoms with van der Waals surface area (Å²) in [6.07, 6.45) is 8.67. The third-order valence-corrected chi connectivity index (χ3v) is 7.17. The average Bonchev–Trinajstić information content (AvgIpc) is 3.01. The minimum Gasteiger partial charge on any atom is -0.465 e. The molecule has 3 rings (SSSR count). The first-order valence-electron chi connectivity index (χ1n) is 9.75. The number of aliphatic hydroxyl groups is 1. The second-order valence-corrected chi connectivity index (χ2v) is 8.75. The highest BCUT2D eigenvalue weighted by Gasteiger charge is 2.58. The Balaban J connectivity index is 1.88. The molecule has 2 saturated carbocycles. The zero-order chi connectivity index (χ0) is 19.8. The van der Waals surface area contributed by atoms with Crippen LogP contribution in [0.1, 0.15) is 52.9 Å². The molecule has 0 aromatic rings. The lowest BCUT2D eigenvalue weighted by atomic mass is 9.46. The third-order valence-electron chi connectivity index (χ3n) is 7.17. The van der Waals surface area contributed by atoms with Gasteiger partial charge >= 0.3 is 11.9 Å². The van der Waals surface area contributed by atoms with Crippen molar-refractivity contribution in [3.63, 3.8) is 0 Å². The van der Waals surface area contributed by atoms with Crippen LogP contribution in [0.15, 0.2) is 36.1 Å². The van der Waals surface area contributed by atoms with Gasteiger partial charge in [-0.15, -0.1) is 0 Å². The Kier molecular flexibility index (Phi) is 5.35. The predicted octanol–water partition coefficient (Wildman–Crippen LogP) is 3.69. The van der Waals surface area contributed by atoms with E-state index in [4.69, 9.17) is 9.47 Å². The molecular formula is C22H30O5. The van der Waals surface area contributed by atoms with Gasteiger partial charge in [0, 0.05) is 12.3 Å².